The largest absolute Gasteiger partial charge is 0.480 e. The highest BCUT2D eigenvalue weighted by molar-refractivity contribution is 7.87. The second-order valence-electron chi connectivity index (χ2n) is 8.45. The van der Waals surface area contributed by atoms with Gasteiger partial charge in [-0.2, -0.15) is 8.42 Å². The van der Waals surface area contributed by atoms with E-state index in [0.29, 0.717) is 6.42 Å². The summed E-state index contributed by atoms with van der Waals surface area (Å²) in [5.74, 6) is -3.10. The summed E-state index contributed by atoms with van der Waals surface area (Å²) in [5, 5.41) is 9.04. The third-order valence-electron chi connectivity index (χ3n) is 5.34. The number of carboxylic acid groups (broad SMARTS) is 1. The lowest BCUT2D eigenvalue weighted by Crippen LogP contribution is -2.33. The summed E-state index contributed by atoms with van der Waals surface area (Å²) < 4.78 is 35.3. The summed E-state index contributed by atoms with van der Waals surface area (Å²) in [6, 6.07) is 0. The molecule has 0 aliphatic carbocycles. The number of nitrogens with one attached hydrogen (secondary N) is 1. The summed E-state index contributed by atoms with van der Waals surface area (Å²) in [6.07, 6.45) is 19.3. The molecule has 3 N–H and O–H groups in total. The molecule has 0 spiro atoms. The summed E-state index contributed by atoms with van der Waals surface area (Å²) in [4.78, 5) is 34.0. The molecule has 0 aliphatic heterocycles. The SMILES string of the molecule is CCCCCCCC/C=C/CCCCCCCC(=O)NCCOC(=O)C[C@H](C(=O)O)S(=O)(=O)O. The number of rotatable bonds is 22. The van der Waals surface area contributed by atoms with E-state index in [0.717, 1.165) is 38.5 Å². The standard InChI is InChI=1S/C24H43NO8S/c1-2-3-4-5-6-7-8-9-10-11-12-13-14-15-16-17-22(26)25-18-19-33-23(27)20-21(24(28)29)34(30,31)32/h9-10,21H,2-8,11-20H2,1H3,(H,25,26)(H,28,29)(H,30,31,32)/b10-9+/t21-/m1/s1. The Hall–Kier alpha value is -1.94. The molecule has 0 aromatic carbocycles. The molecule has 34 heavy (non-hydrogen) atoms. The maximum Gasteiger partial charge on any atom is 0.325 e. The number of carbonyl (C=O) groups excluding carboxylic acids is 2. The van der Waals surface area contributed by atoms with E-state index < -0.39 is 33.7 Å². The monoisotopic (exact) mass is 505 g/mol. The van der Waals surface area contributed by atoms with E-state index in [9.17, 15) is 22.8 Å². The van der Waals surface area contributed by atoms with Crippen LogP contribution in [0.1, 0.15) is 103 Å². The van der Waals surface area contributed by atoms with Crippen LogP contribution in [0.25, 0.3) is 0 Å². The van der Waals surface area contributed by atoms with E-state index in [1.165, 1.54) is 44.9 Å². The fourth-order valence-corrected chi connectivity index (χ4v) is 3.93. The van der Waals surface area contributed by atoms with Gasteiger partial charge in [0.15, 0.2) is 5.25 Å². The highest BCUT2D eigenvalue weighted by Crippen LogP contribution is 2.10. The molecule has 1 atom stereocenters. The average Bonchev–Trinajstić information content (AvgIpc) is 2.76. The third-order valence-corrected chi connectivity index (χ3v) is 6.43. The molecule has 0 aliphatic rings. The summed E-state index contributed by atoms with van der Waals surface area (Å²) in [5.41, 5.74) is 0. The molecule has 0 radical (unpaired) electrons. The Morgan fingerprint density at radius 1 is 0.882 bits per heavy atom. The van der Waals surface area contributed by atoms with Crippen LogP contribution in [0.3, 0.4) is 0 Å². The fourth-order valence-electron chi connectivity index (χ4n) is 3.33. The first-order valence-corrected chi connectivity index (χ1v) is 13.9. The first kappa shape index (κ1) is 32.1. The Bertz CT molecular complexity index is 706. The van der Waals surface area contributed by atoms with Crippen molar-refractivity contribution < 1.29 is 37.2 Å². The highest BCUT2D eigenvalue weighted by atomic mass is 32.2. The number of unbranched alkanes of at least 4 members (excludes halogenated alkanes) is 11. The van der Waals surface area contributed by atoms with Crippen LogP contribution in [0, 0.1) is 0 Å². The van der Waals surface area contributed by atoms with Gasteiger partial charge >= 0.3 is 11.9 Å². The Balaban J connectivity index is 3.59. The van der Waals surface area contributed by atoms with Crippen molar-refractivity contribution in [1.29, 1.82) is 0 Å². The second-order valence-corrected chi connectivity index (χ2v) is 10.0. The molecule has 0 bridgehead atoms. The van der Waals surface area contributed by atoms with E-state index in [-0.39, 0.29) is 19.1 Å². The number of esters is 1. The lowest BCUT2D eigenvalue weighted by Gasteiger charge is -2.10. The van der Waals surface area contributed by atoms with Crippen LogP contribution in [-0.4, -0.2) is 54.3 Å². The van der Waals surface area contributed by atoms with Gasteiger partial charge in [0.1, 0.15) is 6.61 Å². The molecular formula is C24H43NO8S. The van der Waals surface area contributed by atoms with Crippen molar-refractivity contribution in [2.24, 2.45) is 0 Å². The molecule has 0 unspecified atom stereocenters. The van der Waals surface area contributed by atoms with E-state index in [2.05, 4.69) is 24.4 Å². The predicted octanol–water partition coefficient (Wildman–Crippen LogP) is 4.41. The number of allylic oxidation sites excluding steroid dienone is 2. The molecule has 1 amide bonds. The second kappa shape index (κ2) is 20.4. The van der Waals surface area contributed by atoms with Crippen molar-refractivity contribution >= 4 is 28.0 Å². The maximum absolute atomic E-state index is 11.8. The van der Waals surface area contributed by atoms with Gasteiger partial charge < -0.3 is 15.2 Å². The number of aliphatic carboxylic acids is 1. The molecule has 0 aromatic rings. The highest BCUT2D eigenvalue weighted by Gasteiger charge is 2.33. The molecule has 0 fully saturated rings. The molecule has 10 heteroatoms. The lowest BCUT2D eigenvalue weighted by molar-refractivity contribution is -0.147. The molecule has 0 rings (SSSR count). The molecule has 0 aromatic heterocycles. The summed E-state index contributed by atoms with van der Waals surface area (Å²) in [7, 11) is -4.91. The molecule has 0 heterocycles. The van der Waals surface area contributed by atoms with E-state index in [1.807, 2.05) is 0 Å². The smallest absolute Gasteiger partial charge is 0.325 e. The predicted molar refractivity (Wildman–Crippen MR) is 131 cm³/mol. The molecule has 198 valence electrons. The van der Waals surface area contributed by atoms with Gasteiger partial charge in [-0.3, -0.25) is 18.9 Å². The van der Waals surface area contributed by atoms with Crippen LogP contribution in [0.5, 0.6) is 0 Å². The van der Waals surface area contributed by atoms with Crippen molar-refractivity contribution in [3.8, 4) is 0 Å². The van der Waals surface area contributed by atoms with Crippen molar-refractivity contribution in [3.63, 3.8) is 0 Å². The number of ether oxygens (including phenoxy) is 1. The normalized spacial score (nSPS) is 12.5. The quantitative estimate of drug-likeness (QED) is 0.0848. The number of carbonyl (C=O) groups is 3. The Morgan fingerprint density at radius 2 is 1.41 bits per heavy atom. The zero-order valence-corrected chi connectivity index (χ0v) is 21.3. The van der Waals surface area contributed by atoms with Gasteiger partial charge in [0, 0.05) is 6.42 Å². The Kier molecular flexibility index (Phi) is 19.3. The molecule has 0 saturated heterocycles. The van der Waals surface area contributed by atoms with Crippen LogP contribution >= 0.6 is 0 Å². The zero-order chi connectivity index (χ0) is 25.7. The van der Waals surface area contributed by atoms with E-state index in [1.54, 1.807) is 0 Å². The number of hydrogen-bond acceptors (Lipinski definition) is 6. The van der Waals surface area contributed by atoms with Crippen LogP contribution < -0.4 is 5.32 Å². The Morgan fingerprint density at radius 3 is 1.94 bits per heavy atom. The van der Waals surface area contributed by atoms with Crippen molar-refractivity contribution in [1.82, 2.24) is 5.32 Å². The summed E-state index contributed by atoms with van der Waals surface area (Å²) >= 11 is 0. The van der Waals surface area contributed by atoms with Gasteiger partial charge in [-0.25, -0.2) is 0 Å². The van der Waals surface area contributed by atoms with Crippen molar-refractivity contribution in [2.45, 2.75) is 108 Å². The van der Waals surface area contributed by atoms with Crippen LogP contribution in [0.4, 0.5) is 0 Å². The van der Waals surface area contributed by atoms with E-state index in [4.69, 9.17) is 14.4 Å². The molecule has 0 saturated carbocycles. The number of amides is 1. The van der Waals surface area contributed by atoms with Gasteiger partial charge in [-0.15, -0.1) is 0 Å². The molecule has 9 nitrogen and oxygen atoms in total. The fraction of sp³-hybridized carbons (Fsp3) is 0.792. The minimum Gasteiger partial charge on any atom is -0.480 e. The van der Waals surface area contributed by atoms with Crippen molar-refractivity contribution in [2.75, 3.05) is 13.2 Å². The Labute approximate surface area is 204 Å². The lowest BCUT2D eigenvalue weighted by atomic mass is 10.1. The zero-order valence-electron chi connectivity index (χ0n) is 20.5. The van der Waals surface area contributed by atoms with Gasteiger partial charge in [-0.1, -0.05) is 70.4 Å². The first-order chi connectivity index (χ1) is 16.2. The minimum atomic E-state index is -4.91. The molecular weight excluding hydrogens is 462 g/mol. The van der Waals surface area contributed by atoms with Crippen LogP contribution in [0.15, 0.2) is 12.2 Å². The topological polar surface area (TPSA) is 147 Å². The van der Waals surface area contributed by atoms with E-state index >= 15 is 0 Å². The van der Waals surface area contributed by atoms with Crippen LogP contribution in [0.2, 0.25) is 0 Å². The van der Waals surface area contributed by atoms with Crippen molar-refractivity contribution in [3.05, 3.63) is 12.2 Å². The number of carboxylic acids is 1. The van der Waals surface area contributed by atoms with Gasteiger partial charge in [0.25, 0.3) is 10.1 Å². The minimum absolute atomic E-state index is 0.0409. The number of hydrogen-bond donors (Lipinski definition) is 3. The third kappa shape index (κ3) is 19.5. The maximum atomic E-state index is 11.8. The average molecular weight is 506 g/mol. The first-order valence-electron chi connectivity index (χ1n) is 12.4. The van der Waals surface area contributed by atoms with Crippen LogP contribution in [-0.2, 0) is 29.2 Å². The van der Waals surface area contributed by atoms with Gasteiger partial charge in [0.05, 0.1) is 13.0 Å². The van der Waals surface area contributed by atoms with Gasteiger partial charge in [0.2, 0.25) is 5.91 Å². The van der Waals surface area contributed by atoms with Gasteiger partial charge in [-0.05, 0) is 32.1 Å². The summed E-state index contributed by atoms with van der Waals surface area (Å²) in [6.45, 7) is 2.06.